The van der Waals surface area contributed by atoms with Crippen molar-refractivity contribution in [1.82, 2.24) is 4.57 Å². The van der Waals surface area contributed by atoms with Gasteiger partial charge in [0.1, 0.15) is 11.3 Å². The van der Waals surface area contributed by atoms with Gasteiger partial charge in [-0.05, 0) is 49.2 Å². The zero-order chi connectivity index (χ0) is 22.7. The fourth-order valence-electron chi connectivity index (χ4n) is 5.09. The van der Waals surface area contributed by atoms with Crippen LogP contribution in [0.25, 0.3) is 32.8 Å². The molecule has 2 aromatic heterocycles. The van der Waals surface area contributed by atoms with Crippen molar-refractivity contribution < 1.29 is 9.15 Å². The molecule has 0 fully saturated rings. The number of halogens is 1. The third-order valence-electron chi connectivity index (χ3n) is 6.65. The summed E-state index contributed by atoms with van der Waals surface area (Å²) in [5.41, 5.74) is 5.45. The number of fused-ring (bicyclic) bond motifs is 6. The summed E-state index contributed by atoms with van der Waals surface area (Å²) < 4.78 is 14.1. The Bertz CT molecular complexity index is 1620. The Balaban J connectivity index is 1.50. The van der Waals surface area contributed by atoms with Crippen molar-refractivity contribution >= 4 is 50.1 Å². The normalized spacial score (nSPS) is 13.6. The maximum atomic E-state index is 12.2. The van der Waals surface area contributed by atoms with Crippen molar-refractivity contribution in [3.8, 4) is 5.75 Å². The molecule has 5 aromatic rings. The fourth-order valence-corrected chi connectivity index (χ4v) is 5.37. The highest BCUT2D eigenvalue weighted by Gasteiger charge is 2.26. The second-order valence-corrected chi connectivity index (χ2v) is 8.83. The van der Waals surface area contributed by atoms with Crippen LogP contribution in [0.4, 0.5) is 5.69 Å². The Hall–Kier alpha value is -3.44. The zero-order valence-electron chi connectivity index (χ0n) is 18.5. The van der Waals surface area contributed by atoms with Crippen LogP contribution >= 0.6 is 11.6 Å². The lowest BCUT2D eigenvalue weighted by atomic mass is 10.0. The Labute approximate surface area is 195 Å². The van der Waals surface area contributed by atoms with Gasteiger partial charge < -0.3 is 18.6 Å². The van der Waals surface area contributed by atoms with E-state index < -0.39 is 0 Å². The number of aromatic nitrogens is 1. The second kappa shape index (κ2) is 7.56. The van der Waals surface area contributed by atoms with Crippen LogP contribution in [0.2, 0.25) is 5.02 Å². The van der Waals surface area contributed by atoms with Gasteiger partial charge in [-0.3, -0.25) is 0 Å². The third-order valence-corrected chi connectivity index (χ3v) is 6.93. The molecule has 1 aliphatic rings. The van der Waals surface area contributed by atoms with Gasteiger partial charge in [0.05, 0.1) is 17.1 Å². The van der Waals surface area contributed by atoms with Gasteiger partial charge in [0.2, 0.25) is 0 Å². The Morgan fingerprint density at radius 3 is 2.61 bits per heavy atom. The lowest BCUT2D eigenvalue weighted by Crippen LogP contribution is -2.32. The molecule has 0 spiro atoms. The topological polar surface area (TPSA) is 47.6 Å². The lowest BCUT2D eigenvalue weighted by molar-refractivity contribution is 0.289. The highest BCUT2D eigenvalue weighted by Crippen LogP contribution is 2.41. The molecule has 0 saturated heterocycles. The summed E-state index contributed by atoms with van der Waals surface area (Å²) in [6, 6.07) is 18.4. The number of hydrogen-bond donors (Lipinski definition) is 0. The number of nitrogens with zero attached hydrogens (tertiary/aromatic N) is 2. The van der Waals surface area contributed by atoms with E-state index in [-0.39, 0.29) is 5.63 Å². The zero-order valence-corrected chi connectivity index (χ0v) is 19.3. The Morgan fingerprint density at radius 2 is 1.79 bits per heavy atom. The molecule has 0 bridgehead atoms. The van der Waals surface area contributed by atoms with Gasteiger partial charge in [-0.1, -0.05) is 36.7 Å². The molecule has 33 heavy (non-hydrogen) atoms. The fraction of sp³-hybridized carbons (Fsp3) is 0.222. The number of aryl methyl sites for hydroxylation is 2. The van der Waals surface area contributed by atoms with Crippen LogP contribution in [0.1, 0.15) is 25.0 Å². The first-order valence-corrected chi connectivity index (χ1v) is 11.6. The van der Waals surface area contributed by atoms with Crippen molar-refractivity contribution in [2.24, 2.45) is 0 Å². The van der Waals surface area contributed by atoms with E-state index in [4.69, 9.17) is 20.8 Å². The molecular formula is C27H23ClN2O3. The monoisotopic (exact) mass is 458 g/mol. The molecule has 166 valence electrons. The van der Waals surface area contributed by atoms with Gasteiger partial charge in [0.25, 0.3) is 0 Å². The smallest absolute Gasteiger partial charge is 0.336 e. The minimum absolute atomic E-state index is 0.352. The van der Waals surface area contributed by atoms with Crippen molar-refractivity contribution in [3.63, 3.8) is 0 Å². The van der Waals surface area contributed by atoms with E-state index in [1.807, 2.05) is 13.0 Å². The summed E-state index contributed by atoms with van der Waals surface area (Å²) in [5.74, 6) is 0.598. The van der Waals surface area contributed by atoms with Crippen molar-refractivity contribution in [2.45, 2.75) is 33.4 Å². The van der Waals surface area contributed by atoms with E-state index in [1.165, 1.54) is 21.8 Å². The molecular weight excluding hydrogens is 436 g/mol. The molecule has 3 aromatic carbocycles. The molecule has 0 N–H and O–H groups in total. The summed E-state index contributed by atoms with van der Waals surface area (Å²) in [7, 11) is 0. The molecule has 0 amide bonds. The van der Waals surface area contributed by atoms with E-state index in [9.17, 15) is 4.79 Å². The summed E-state index contributed by atoms with van der Waals surface area (Å²) in [6.45, 7) is 6.01. The van der Waals surface area contributed by atoms with Gasteiger partial charge in [0, 0.05) is 45.5 Å². The minimum atomic E-state index is -0.352. The van der Waals surface area contributed by atoms with Gasteiger partial charge in [-0.2, -0.15) is 0 Å². The summed E-state index contributed by atoms with van der Waals surface area (Å²) in [4.78, 5) is 14.4. The first kappa shape index (κ1) is 20.2. The van der Waals surface area contributed by atoms with Crippen LogP contribution in [0, 0.1) is 0 Å². The van der Waals surface area contributed by atoms with E-state index >= 15 is 0 Å². The number of anilines is 1. The first-order valence-electron chi connectivity index (χ1n) is 11.3. The average Bonchev–Trinajstić information content (AvgIpc) is 3.17. The van der Waals surface area contributed by atoms with Crippen LogP contribution in [0.3, 0.4) is 0 Å². The number of benzene rings is 3. The van der Waals surface area contributed by atoms with Gasteiger partial charge in [-0.25, -0.2) is 4.79 Å². The molecule has 0 saturated carbocycles. The van der Waals surface area contributed by atoms with E-state index in [2.05, 4.69) is 58.9 Å². The molecule has 1 aliphatic heterocycles. The van der Waals surface area contributed by atoms with Crippen LogP contribution in [-0.4, -0.2) is 11.3 Å². The van der Waals surface area contributed by atoms with E-state index in [0.717, 1.165) is 35.2 Å². The maximum Gasteiger partial charge on any atom is 0.336 e. The molecule has 6 rings (SSSR count). The second-order valence-electron chi connectivity index (χ2n) is 8.42. The summed E-state index contributed by atoms with van der Waals surface area (Å²) >= 11 is 6.58. The predicted octanol–water partition coefficient (Wildman–Crippen LogP) is 6.49. The predicted molar refractivity (Wildman–Crippen MR) is 134 cm³/mol. The Kier molecular flexibility index (Phi) is 4.63. The number of rotatable bonds is 3. The summed E-state index contributed by atoms with van der Waals surface area (Å²) in [6.07, 6.45) is 0.722. The SMILES string of the molecule is CCc1cc(=O)oc2c3c(c(Cl)cc12)OCN(c1ccc2c(c1)c1ccccc1n2CC)C3. The van der Waals surface area contributed by atoms with Crippen molar-refractivity contribution in [3.05, 3.63) is 81.2 Å². The molecule has 0 aliphatic carbocycles. The molecule has 0 radical (unpaired) electrons. The van der Waals surface area contributed by atoms with Crippen LogP contribution in [-0.2, 0) is 19.5 Å². The van der Waals surface area contributed by atoms with Crippen LogP contribution < -0.4 is 15.3 Å². The van der Waals surface area contributed by atoms with Crippen molar-refractivity contribution in [2.75, 3.05) is 11.6 Å². The van der Waals surface area contributed by atoms with Crippen LogP contribution in [0.5, 0.6) is 5.75 Å². The standard InChI is InChI=1S/C27H23ClN2O3/c1-3-16-11-25(31)33-26-19(16)13-22(28)27-21(26)14-29(15-32-27)17-9-10-24-20(12-17)18-7-5-6-8-23(18)30(24)4-2/h5-13H,3-4,14-15H2,1-2H3. The van der Waals surface area contributed by atoms with Gasteiger partial charge >= 0.3 is 5.63 Å². The maximum absolute atomic E-state index is 12.2. The van der Waals surface area contributed by atoms with Gasteiger partial charge in [-0.15, -0.1) is 0 Å². The number of para-hydroxylation sites is 1. The molecule has 5 nitrogen and oxygen atoms in total. The molecule has 3 heterocycles. The van der Waals surface area contributed by atoms with Crippen LogP contribution in [0.15, 0.2) is 63.8 Å². The third kappa shape index (κ3) is 3.03. The van der Waals surface area contributed by atoms with E-state index in [1.54, 1.807) is 6.07 Å². The number of hydrogen-bond acceptors (Lipinski definition) is 4. The lowest BCUT2D eigenvalue weighted by Gasteiger charge is -2.31. The molecule has 0 unspecified atom stereocenters. The van der Waals surface area contributed by atoms with Gasteiger partial charge in [0.15, 0.2) is 6.73 Å². The highest BCUT2D eigenvalue weighted by molar-refractivity contribution is 6.33. The van der Waals surface area contributed by atoms with Crippen molar-refractivity contribution in [1.29, 1.82) is 0 Å². The Morgan fingerprint density at radius 1 is 0.970 bits per heavy atom. The highest BCUT2D eigenvalue weighted by atomic mass is 35.5. The molecule has 0 atom stereocenters. The van der Waals surface area contributed by atoms with E-state index in [0.29, 0.717) is 29.6 Å². The molecule has 6 heteroatoms. The number of ether oxygens (including phenoxy) is 1. The largest absolute Gasteiger partial charge is 0.471 e. The average molecular weight is 459 g/mol. The minimum Gasteiger partial charge on any atom is -0.471 e. The summed E-state index contributed by atoms with van der Waals surface area (Å²) in [5, 5.41) is 3.86. The first-order chi connectivity index (χ1) is 16.1. The quantitative estimate of drug-likeness (QED) is 0.290.